The van der Waals surface area contributed by atoms with Gasteiger partial charge in [0.15, 0.2) is 0 Å². The monoisotopic (exact) mass is 345 g/mol. The highest BCUT2D eigenvalue weighted by Crippen LogP contribution is 2.29. The maximum atomic E-state index is 12.5. The molecule has 6 heteroatoms. The molecule has 124 valence electrons. The summed E-state index contributed by atoms with van der Waals surface area (Å²) in [5.41, 5.74) is 1.42. The number of fused-ring (bicyclic) bond motifs is 1. The second-order valence-electron chi connectivity index (χ2n) is 5.71. The molecule has 1 aromatic carbocycles. The van der Waals surface area contributed by atoms with Crippen LogP contribution in [0.5, 0.6) is 0 Å². The SMILES string of the molecule is CCCCc1c2c(oc(=O)c1-c1ccc(Cl)cc1)CC(=O)NC2=O. The summed E-state index contributed by atoms with van der Waals surface area (Å²) in [6.07, 6.45) is 2.19. The van der Waals surface area contributed by atoms with E-state index < -0.39 is 17.4 Å². The van der Waals surface area contributed by atoms with E-state index in [9.17, 15) is 14.4 Å². The lowest BCUT2D eigenvalue weighted by Gasteiger charge is -2.19. The summed E-state index contributed by atoms with van der Waals surface area (Å²) in [5, 5.41) is 2.85. The number of unbranched alkanes of at least 4 members (excludes halogenated alkanes) is 1. The molecule has 0 bridgehead atoms. The van der Waals surface area contributed by atoms with Gasteiger partial charge in [-0.1, -0.05) is 37.1 Å². The van der Waals surface area contributed by atoms with Crippen molar-refractivity contribution in [1.82, 2.24) is 5.32 Å². The molecule has 0 saturated heterocycles. The van der Waals surface area contributed by atoms with Gasteiger partial charge in [-0.15, -0.1) is 0 Å². The Morgan fingerprint density at radius 3 is 2.50 bits per heavy atom. The van der Waals surface area contributed by atoms with Crippen LogP contribution < -0.4 is 10.9 Å². The van der Waals surface area contributed by atoms with E-state index in [0.717, 1.165) is 12.8 Å². The van der Waals surface area contributed by atoms with E-state index in [1.165, 1.54) is 0 Å². The van der Waals surface area contributed by atoms with E-state index in [-0.39, 0.29) is 12.2 Å². The first kappa shape index (κ1) is 16.5. The molecule has 1 aromatic heterocycles. The van der Waals surface area contributed by atoms with Crippen molar-refractivity contribution in [2.24, 2.45) is 0 Å². The van der Waals surface area contributed by atoms with Crippen molar-refractivity contribution < 1.29 is 14.0 Å². The fourth-order valence-corrected chi connectivity index (χ4v) is 3.04. The number of halogens is 1. The summed E-state index contributed by atoms with van der Waals surface area (Å²) in [6.45, 7) is 2.03. The zero-order chi connectivity index (χ0) is 17.3. The molecule has 0 atom stereocenters. The average Bonchev–Trinajstić information content (AvgIpc) is 2.53. The Balaban J connectivity index is 2.26. The van der Waals surface area contributed by atoms with Crippen molar-refractivity contribution in [3.05, 3.63) is 56.6 Å². The Hall–Kier alpha value is -2.40. The lowest BCUT2D eigenvalue weighted by molar-refractivity contribution is -0.120. The Kier molecular flexibility index (Phi) is 4.53. The molecular formula is C18H16ClNO4. The number of amides is 2. The third-order valence-corrected chi connectivity index (χ3v) is 4.27. The molecule has 0 fully saturated rings. The summed E-state index contributed by atoms with van der Waals surface area (Å²) >= 11 is 5.91. The smallest absolute Gasteiger partial charge is 0.344 e. The molecule has 0 saturated carbocycles. The Morgan fingerprint density at radius 2 is 1.83 bits per heavy atom. The maximum absolute atomic E-state index is 12.5. The molecule has 0 spiro atoms. The highest BCUT2D eigenvalue weighted by atomic mass is 35.5. The second-order valence-corrected chi connectivity index (χ2v) is 6.14. The second kappa shape index (κ2) is 6.61. The molecule has 2 aromatic rings. The van der Waals surface area contributed by atoms with Gasteiger partial charge in [-0.05, 0) is 36.1 Å². The summed E-state index contributed by atoms with van der Waals surface area (Å²) < 4.78 is 5.31. The van der Waals surface area contributed by atoms with Crippen molar-refractivity contribution in [2.45, 2.75) is 32.6 Å². The third kappa shape index (κ3) is 2.99. The van der Waals surface area contributed by atoms with Crippen LogP contribution in [0.25, 0.3) is 11.1 Å². The fraction of sp³-hybridized carbons (Fsp3) is 0.278. The first-order chi connectivity index (χ1) is 11.5. The number of carbonyl (C=O) groups excluding carboxylic acids is 2. The normalized spacial score (nSPS) is 13.6. The van der Waals surface area contributed by atoms with Crippen molar-refractivity contribution >= 4 is 23.4 Å². The zero-order valence-electron chi connectivity index (χ0n) is 13.1. The number of benzene rings is 1. The largest absolute Gasteiger partial charge is 0.426 e. The molecule has 1 aliphatic heterocycles. The molecule has 3 rings (SSSR count). The Labute approximate surface area is 143 Å². The predicted molar refractivity (Wildman–Crippen MR) is 90.2 cm³/mol. The maximum Gasteiger partial charge on any atom is 0.344 e. The predicted octanol–water partition coefficient (Wildman–Crippen LogP) is 3.12. The van der Waals surface area contributed by atoms with Crippen LogP contribution in [-0.2, 0) is 17.6 Å². The Bertz CT molecular complexity index is 868. The molecule has 1 N–H and O–H groups in total. The van der Waals surface area contributed by atoms with Crippen LogP contribution in [-0.4, -0.2) is 11.8 Å². The number of carbonyl (C=O) groups is 2. The van der Waals surface area contributed by atoms with Crippen LogP contribution in [0.3, 0.4) is 0 Å². The van der Waals surface area contributed by atoms with Crippen molar-refractivity contribution in [2.75, 3.05) is 0 Å². The Morgan fingerprint density at radius 1 is 1.12 bits per heavy atom. The lowest BCUT2D eigenvalue weighted by Crippen LogP contribution is -2.39. The highest BCUT2D eigenvalue weighted by Gasteiger charge is 2.30. The van der Waals surface area contributed by atoms with Crippen LogP contribution in [0.2, 0.25) is 5.02 Å². The number of hydrogen-bond donors (Lipinski definition) is 1. The molecule has 2 amide bonds. The summed E-state index contributed by atoms with van der Waals surface area (Å²) in [5.74, 6) is -0.819. The minimum absolute atomic E-state index is 0.101. The quantitative estimate of drug-likeness (QED) is 0.864. The van der Waals surface area contributed by atoms with Gasteiger partial charge in [0.1, 0.15) is 5.76 Å². The van der Waals surface area contributed by atoms with Crippen molar-refractivity contribution in [1.29, 1.82) is 0 Å². The van der Waals surface area contributed by atoms with Crippen molar-refractivity contribution in [3.8, 4) is 11.1 Å². The van der Waals surface area contributed by atoms with Gasteiger partial charge in [0.25, 0.3) is 5.91 Å². The van der Waals surface area contributed by atoms with E-state index in [4.69, 9.17) is 16.0 Å². The first-order valence-corrected chi connectivity index (χ1v) is 8.18. The minimum atomic E-state index is -0.537. The number of nitrogens with one attached hydrogen (secondary N) is 1. The minimum Gasteiger partial charge on any atom is -0.426 e. The molecule has 0 unspecified atom stereocenters. The number of imide groups is 1. The highest BCUT2D eigenvalue weighted by molar-refractivity contribution is 6.30. The van der Waals surface area contributed by atoms with E-state index in [2.05, 4.69) is 5.32 Å². The molecular weight excluding hydrogens is 330 g/mol. The molecule has 24 heavy (non-hydrogen) atoms. The molecule has 0 aliphatic carbocycles. The van der Waals surface area contributed by atoms with E-state index >= 15 is 0 Å². The fourth-order valence-electron chi connectivity index (χ4n) is 2.91. The first-order valence-electron chi connectivity index (χ1n) is 7.80. The third-order valence-electron chi connectivity index (χ3n) is 4.02. The molecule has 1 aliphatic rings. The van der Waals surface area contributed by atoms with Gasteiger partial charge in [-0.3, -0.25) is 14.9 Å². The average molecular weight is 346 g/mol. The molecule has 2 heterocycles. The topological polar surface area (TPSA) is 76.4 Å². The lowest BCUT2D eigenvalue weighted by atomic mass is 9.91. The van der Waals surface area contributed by atoms with Gasteiger partial charge < -0.3 is 4.42 Å². The van der Waals surface area contributed by atoms with E-state index in [1.807, 2.05) is 6.92 Å². The zero-order valence-corrected chi connectivity index (χ0v) is 13.9. The van der Waals surface area contributed by atoms with Gasteiger partial charge >= 0.3 is 5.63 Å². The van der Waals surface area contributed by atoms with Crippen LogP contribution in [0.15, 0.2) is 33.5 Å². The van der Waals surface area contributed by atoms with Crippen LogP contribution in [0.1, 0.15) is 41.4 Å². The van der Waals surface area contributed by atoms with E-state index in [0.29, 0.717) is 33.7 Å². The van der Waals surface area contributed by atoms with Crippen LogP contribution >= 0.6 is 11.6 Å². The molecule has 5 nitrogen and oxygen atoms in total. The van der Waals surface area contributed by atoms with E-state index in [1.54, 1.807) is 24.3 Å². The van der Waals surface area contributed by atoms with Crippen LogP contribution in [0, 0.1) is 0 Å². The van der Waals surface area contributed by atoms with Gasteiger partial charge in [0, 0.05) is 5.02 Å². The van der Waals surface area contributed by atoms with Gasteiger partial charge in [0.05, 0.1) is 17.5 Å². The van der Waals surface area contributed by atoms with Gasteiger partial charge in [0.2, 0.25) is 5.91 Å². The van der Waals surface area contributed by atoms with Gasteiger partial charge in [-0.25, -0.2) is 4.79 Å². The van der Waals surface area contributed by atoms with Gasteiger partial charge in [-0.2, -0.15) is 0 Å². The summed E-state index contributed by atoms with van der Waals surface area (Å²) in [4.78, 5) is 36.4. The number of hydrogen-bond acceptors (Lipinski definition) is 4. The van der Waals surface area contributed by atoms with Crippen molar-refractivity contribution in [3.63, 3.8) is 0 Å². The summed E-state index contributed by atoms with van der Waals surface area (Å²) in [6, 6.07) is 6.82. The molecule has 0 radical (unpaired) electrons. The van der Waals surface area contributed by atoms with Crippen LogP contribution in [0.4, 0.5) is 0 Å². The number of rotatable bonds is 4. The standard InChI is InChI=1S/C18H16ClNO4/c1-2-3-4-12-15(10-5-7-11(19)8-6-10)18(23)24-13-9-14(21)20-17(22)16(12)13/h5-8H,2-4,9H2,1H3,(H,20,21,22). The summed E-state index contributed by atoms with van der Waals surface area (Å²) in [7, 11) is 0.